The molecular weight excluding hydrogens is 278 g/mol. The number of methoxy groups -OCH3 is 1. The highest BCUT2D eigenvalue weighted by atomic mass is 16.5. The van der Waals surface area contributed by atoms with Gasteiger partial charge in [0.1, 0.15) is 0 Å². The summed E-state index contributed by atoms with van der Waals surface area (Å²) in [5, 5.41) is 7.05. The lowest BCUT2D eigenvalue weighted by atomic mass is 9.55. The second kappa shape index (κ2) is 8.16. The van der Waals surface area contributed by atoms with Gasteiger partial charge in [0.2, 0.25) is 0 Å². The average Bonchev–Trinajstić information content (AvgIpc) is 2.53. The van der Waals surface area contributed by atoms with E-state index in [0.29, 0.717) is 24.2 Å². The number of nitrogens with zero attached hydrogens (tertiary/aromatic N) is 1. The Kier molecular flexibility index (Phi) is 6.50. The van der Waals surface area contributed by atoms with E-state index in [-0.39, 0.29) is 6.04 Å². The Balaban J connectivity index is 1.95. The van der Waals surface area contributed by atoms with E-state index in [1.165, 1.54) is 32.1 Å². The van der Waals surface area contributed by atoms with E-state index in [4.69, 9.17) is 9.47 Å². The van der Waals surface area contributed by atoms with Crippen molar-refractivity contribution in [2.75, 3.05) is 27.4 Å². The molecule has 2 aliphatic carbocycles. The van der Waals surface area contributed by atoms with Gasteiger partial charge in [-0.25, -0.2) is 0 Å². The van der Waals surface area contributed by atoms with Crippen molar-refractivity contribution in [2.45, 2.75) is 70.6 Å². The van der Waals surface area contributed by atoms with Crippen LogP contribution in [0, 0.1) is 5.41 Å². The molecule has 2 rings (SSSR count). The summed E-state index contributed by atoms with van der Waals surface area (Å²) in [6.45, 7) is 5.70. The lowest BCUT2D eigenvalue weighted by molar-refractivity contribution is -0.145. The van der Waals surface area contributed by atoms with E-state index >= 15 is 0 Å². The van der Waals surface area contributed by atoms with E-state index in [1.54, 1.807) is 7.11 Å². The van der Waals surface area contributed by atoms with E-state index in [0.717, 1.165) is 19.0 Å². The zero-order chi connectivity index (χ0) is 16.0. The highest BCUT2D eigenvalue weighted by molar-refractivity contribution is 5.80. The van der Waals surface area contributed by atoms with E-state index in [2.05, 4.69) is 29.5 Å². The maximum Gasteiger partial charge on any atom is 0.191 e. The quantitative estimate of drug-likeness (QED) is 0.584. The average molecular weight is 311 g/mol. The highest BCUT2D eigenvalue weighted by Gasteiger charge is 2.55. The third-order valence-corrected chi connectivity index (χ3v) is 5.27. The molecule has 3 unspecified atom stereocenters. The minimum atomic E-state index is 0.251. The molecule has 22 heavy (non-hydrogen) atoms. The molecule has 0 aromatic carbocycles. The molecule has 0 saturated heterocycles. The second-order valence-electron chi connectivity index (χ2n) is 6.74. The first-order valence-electron chi connectivity index (χ1n) is 8.76. The summed E-state index contributed by atoms with van der Waals surface area (Å²) in [5.74, 6) is 0.884. The van der Waals surface area contributed by atoms with Crippen LogP contribution in [0.5, 0.6) is 0 Å². The van der Waals surface area contributed by atoms with Crippen molar-refractivity contribution in [3.63, 3.8) is 0 Å². The van der Waals surface area contributed by atoms with Gasteiger partial charge >= 0.3 is 0 Å². The van der Waals surface area contributed by atoms with Gasteiger partial charge < -0.3 is 20.1 Å². The molecule has 0 aromatic rings. The maximum absolute atomic E-state index is 6.02. The highest BCUT2D eigenvalue weighted by Crippen LogP contribution is 2.53. The normalized spacial score (nSPS) is 29.0. The molecule has 0 amide bonds. The van der Waals surface area contributed by atoms with Crippen LogP contribution in [-0.2, 0) is 9.47 Å². The summed E-state index contributed by atoms with van der Waals surface area (Å²) >= 11 is 0. The molecule has 2 saturated carbocycles. The molecule has 3 atom stereocenters. The van der Waals surface area contributed by atoms with E-state index in [9.17, 15) is 0 Å². The molecule has 0 bridgehead atoms. The summed E-state index contributed by atoms with van der Waals surface area (Å²) in [4.78, 5) is 4.38. The van der Waals surface area contributed by atoms with Crippen LogP contribution < -0.4 is 10.6 Å². The second-order valence-corrected chi connectivity index (χ2v) is 6.74. The fourth-order valence-electron chi connectivity index (χ4n) is 4.13. The van der Waals surface area contributed by atoms with Crippen LogP contribution in [0.2, 0.25) is 0 Å². The number of nitrogens with one attached hydrogen (secondary N) is 2. The molecule has 0 aromatic heterocycles. The van der Waals surface area contributed by atoms with Crippen LogP contribution in [0.3, 0.4) is 0 Å². The van der Waals surface area contributed by atoms with Gasteiger partial charge in [0.25, 0.3) is 0 Å². The van der Waals surface area contributed by atoms with Crippen molar-refractivity contribution in [3.05, 3.63) is 0 Å². The molecule has 0 aliphatic heterocycles. The molecular formula is C17H33N3O2. The zero-order valence-electron chi connectivity index (χ0n) is 14.7. The van der Waals surface area contributed by atoms with Crippen LogP contribution in [0.25, 0.3) is 0 Å². The molecule has 5 heteroatoms. The molecule has 128 valence electrons. The van der Waals surface area contributed by atoms with Crippen molar-refractivity contribution < 1.29 is 9.47 Å². The largest absolute Gasteiger partial charge is 0.383 e. The Hall–Kier alpha value is -0.810. The van der Waals surface area contributed by atoms with Crippen LogP contribution >= 0.6 is 0 Å². The van der Waals surface area contributed by atoms with E-state index in [1.807, 2.05) is 7.05 Å². The molecule has 2 aliphatic rings. The topological polar surface area (TPSA) is 54.9 Å². The predicted octanol–water partition coefficient (Wildman–Crippen LogP) is 2.31. The molecule has 5 nitrogen and oxygen atoms in total. The summed E-state index contributed by atoms with van der Waals surface area (Å²) in [7, 11) is 3.56. The van der Waals surface area contributed by atoms with Crippen LogP contribution in [0.15, 0.2) is 4.99 Å². The number of guanidine groups is 1. The molecule has 0 radical (unpaired) electrons. The summed E-state index contributed by atoms with van der Waals surface area (Å²) in [6, 6.07) is 0.728. The van der Waals surface area contributed by atoms with Crippen molar-refractivity contribution in [1.82, 2.24) is 10.6 Å². The lowest BCUT2D eigenvalue weighted by Crippen LogP contribution is -2.67. The van der Waals surface area contributed by atoms with Crippen LogP contribution in [0.4, 0.5) is 0 Å². The van der Waals surface area contributed by atoms with Gasteiger partial charge in [-0.2, -0.15) is 0 Å². The van der Waals surface area contributed by atoms with Crippen molar-refractivity contribution in [1.29, 1.82) is 0 Å². The fourth-order valence-corrected chi connectivity index (χ4v) is 4.13. The number of ether oxygens (including phenoxy) is 2. The maximum atomic E-state index is 6.02. The smallest absolute Gasteiger partial charge is 0.191 e. The first kappa shape index (κ1) is 17.5. The molecule has 1 spiro atoms. The van der Waals surface area contributed by atoms with Gasteiger partial charge in [-0.3, -0.25) is 4.99 Å². The molecule has 2 fully saturated rings. The van der Waals surface area contributed by atoms with E-state index < -0.39 is 0 Å². The Morgan fingerprint density at radius 2 is 2.05 bits per heavy atom. The summed E-state index contributed by atoms with van der Waals surface area (Å²) in [5.41, 5.74) is 0.316. The minimum Gasteiger partial charge on any atom is -0.383 e. The standard InChI is InChI=1S/C17H33N3O2/c1-5-22-15-11-14(17(15)9-7-6-8-10-17)20-16(18-3)19-13(2)12-21-4/h13-15H,5-12H2,1-4H3,(H2,18,19,20). The summed E-state index contributed by atoms with van der Waals surface area (Å²) < 4.78 is 11.2. The lowest BCUT2D eigenvalue weighted by Gasteiger charge is -2.58. The van der Waals surface area contributed by atoms with Gasteiger partial charge in [-0.15, -0.1) is 0 Å². The van der Waals surface area contributed by atoms with Gasteiger partial charge in [0.15, 0.2) is 5.96 Å². The Morgan fingerprint density at radius 3 is 2.64 bits per heavy atom. The Morgan fingerprint density at radius 1 is 1.32 bits per heavy atom. The third-order valence-electron chi connectivity index (χ3n) is 5.27. The summed E-state index contributed by atoms with van der Waals surface area (Å²) in [6.07, 6.45) is 8.09. The van der Waals surface area contributed by atoms with Gasteiger partial charge in [0, 0.05) is 38.3 Å². The Bertz CT molecular complexity index is 367. The predicted molar refractivity (Wildman–Crippen MR) is 90.3 cm³/mol. The zero-order valence-corrected chi connectivity index (χ0v) is 14.7. The van der Waals surface area contributed by atoms with Gasteiger partial charge in [0.05, 0.1) is 12.7 Å². The first-order valence-corrected chi connectivity index (χ1v) is 8.76. The van der Waals surface area contributed by atoms with Crippen LogP contribution in [0.1, 0.15) is 52.4 Å². The van der Waals surface area contributed by atoms with Crippen molar-refractivity contribution in [3.8, 4) is 0 Å². The number of hydrogen-bond donors (Lipinski definition) is 2. The fraction of sp³-hybridized carbons (Fsp3) is 0.941. The first-order chi connectivity index (χ1) is 10.7. The number of rotatable bonds is 6. The minimum absolute atomic E-state index is 0.251. The Labute approximate surface area is 135 Å². The number of aliphatic imine (C=N–C) groups is 1. The molecule has 2 N–H and O–H groups in total. The van der Waals surface area contributed by atoms with Crippen molar-refractivity contribution >= 4 is 5.96 Å². The SMILES string of the molecule is CCOC1CC(NC(=NC)NC(C)COC)C12CCCCC2. The van der Waals surface area contributed by atoms with Crippen LogP contribution in [-0.4, -0.2) is 51.5 Å². The molecule has 0 heterocycles. The van der Waals surface area contributed by atoms with Gasteiger partial charge in [-0.1, -0.05) is 19.3 Å². The van der Waals surface area contributed by atoms with Gasteiger partial charge in [-0.05, 0) is 33.1 Å². The third kappa shape index (κ3) is 3.74. The monoisotopic (exact) mass is 311 g/mol. The van der Waals surface area contributed by atoms with Crippen molar-refractivity contribution in [2.24, 2.45) is 10.4 Å². The number of hydrogen-bond acceptors (Lipinski definition) is 3.